The average Bonchev–Trinajstić information content (AvgIpc) is 3.25. The molecule has 0 atom stereocenters. The molecule has 0 spiro atoms. The molecule has 1 amide bonds. The number of aryl methyl sites for hydroxylation is 1. The van der Waals surface area contributed by atoms with Gasteiger partial charge in [0, 0.05) is 30.3 Å². The van der Waals surface area contributed by atoms with Crippen molar-refractivity contribution >= 4 is 5.91 Å². The molecule has 0 aliphatic carbocycles. The lowest BCUT2D eigenvalue weighted by Crippen LogP contribution is -2.23. The summed E-state index contributed by atoms with van der Waals surface area (Å²) in [5.41, 5.74) is 5.15. The van der Waals surface area contributed by atoms with E-state index in [-0.39, 0.29) is 5.91 Å². The predicted molar refractivity (Wildman–Crippen MR) is 126 cm³/mol. The summed E-state index contributed by atoms with van der Waals surface area (Å²) in [5, 5.41) is 7.88. The highest BCUT2D eigenvalue weighted by atomic mass is 16.5. The lowest BCUT2D eigenvalue weighted by atomic mass is 10.1. The van der Waals surface area contributed by atoms with Gasteiger partial charge >= 0.3 is 0 Å². The number of nitrogens with one attached hydrogen (secondary N) is 1. The van der Waals surface area contributed by atoms with Crippen LogP contribution in [0.5, 0.6) is 5.75 Å². The van der Waals surface area contributed by atoms with Gasteiger partial charge in [-0.25, -0.2) is 0 Å². The van der Waals surface area contributed by atoms with Crippen LogP contribution in [0, 0.1) is 0 Å². The van der Waals surface area contributed by atoms with Crippen LogP contribution in [0.3, 0.4) is 0 Å². The molecule has 32 heavy (non-hydrogen) atoms. The maximum Gasteiger partial charge on any atom is 0.220 e. The molecular formula is C27H27N3O2. The highest BCUT2D eigenvalue weighted by molar-refractivity contribution is 5.76. The van der Waals surface area contributed by atoms with Crippen LogP contribution in [-0.4, -0.2) is 22.8 Å². The second kappa shape index (κ2) is 10.4. The number of methoxy groups -OCH3 is 1. The standard InChI is InChI=1S/C27H27N3O2/c1-32-25-15-9-8-12-22(25)16-17-26(31)28-18-24-20-30(19-21-10-4-2-5-11-21)29-27(24)23-13-6-3-7-14-23/h2-15,20H,16-19H2,1H3,(H,28,31). The molecule has 1 heterocycles. The monoisotopic (exact) mass is 425 g/mol. The summed E-state index contributed by atoms with van der Waals surface area (Å²) < 4.78 is 7.32. The van der Waals surface area contributed by atoms with Crippen molar-refractivity contribution < 1.29 is 9.53 Å². The SMILES string of the molecule is COc1ccccc1CCC(=O)NCc1cn(Cc2ccccc2)nc1-c1ccccc1. The Hall–Kier alpha value is -3.86. The minimum Gasteiger partial charge on any atom is -0.496 e. The van der Waals surface area contributed by atoms with Gasteiger partial charge in [-0.05, 0) is 23.6 Å². The van der Waals surface area contributed by atoms with Crippen molar-refractivity contribution in [3.8, 4) is 17.0 Å². The minimum absolute atomic E-state index is 0.00530. The summed E-state index contributed by atoms with van der Waals surface area (Å²) >= 11 is 0. The largest absolute Gasteiger partial charge is 0.496 e. The fraction of sp³-hybridized carbons (Fsp3) is 0.185. The van der Waals surface area contributed by atoms with Gasteiger partial charge < -0.3 is 10.1 Å². The quantitative estimate of drug-likeness (QED) is 0.417. The molecule has 162 valence electrons. The smallest absolute Gasteiger partial charge is 0.220 e. The molecule has 0 aliphatic rings. The Morgan fingerprint density at radius 3 is 2.34 bits per heavy atom. The molecular weight excluding hydrogens is 398 g/mol. The molecule has 3 aromatic carbocycles. The number of carbonyl (C=O) groups excluding carboxylic acids is 1. The van der Waals surface area contributed by atoms with E-state index in [9.17, 15) is 4.79 Å². The van der Waals surface area contributed by atoms with Gasteiger partial charge in [-0.2, -0.15) is 5.10 Å². The molecule has 0 saturated carbocycles. The Morgan fingerprint density at radius 1 is 0.906 bits per heavy atom. The first-order chi connectivity index (χ1) is 15.7. The second-order valence-electron chi connectivity index (χ2n) is 7.64. The minimum atomic E-state index is 0.00530. The molecule has 0 fully saturated rings. The molecule has 1 N–H and O–H groups in total. The fourth-order valence-corrected chi connectivity index (χ4v) is 3.72. The van der Waals surface area contributed by atoms with Crippen molar-refractivity contribution in [2.75, 3.05) is 7.11 Å². The lowest BCUT2D eigenvalue weighted by Gasteiger charge is -2.09. The van der Waals surface area contributed by atoms with E-state index in [1.165, 1.54) is 5.56 Å². The molecule has 0 unspecified atom stereocenters. The number of hydrogen-bond acceptors (Lipinski definition) is 3. The first-order valence-corrected chi connectivity index (χ1v) is 10.8. The van der Waals surface area contributed by atoms with Crippen molar-refractivity contribution in [3.05, 3.63) is 108 Å². The van der Waals surface area contributed by atoms with Crippen molar-refractivity contribution in [2.24, 2.45) is 0 Å². The zero-order chi connectivity index (χ0) is 22.2. The summed E-state index contributed by atoms with van der Waals surface area (Å²) in [6, 6.07) is 28.1. The Morgan fingerprint density at radius 2 is 1.59 bits per heavy atom. The molecule has 0 saturated heterocycles. The zero-order valence-corrected chi connectivity index (χ0v) is 18.2. The van der Waals surface area contributed by atoms with Gasteiger partial charge in [0.2, 0.25) is 5.91 Å². The Balaban J connectivity index is 1.45. The van der Waals surface area contributed by atoms with Crippen molar-refractivity contribution in [3.63, 3.8) is 0 Å². The van der Waals surface area contributed by atoms with Gasteiger partial charge in [0.25, 0.3) is 0 Å². The third-order valence-electron chi connectivity index (χ3n) is 5.36. The Labute approximate surface area is 188 Å². The van der Waals surface area contributed by atoms with Crippen LogP contribution >= 0.6 is 0 Å². The zero-order valence-electron chi connectivity index (χ0n) is 18.2. The summed E-state index contributed by atoms with van der Waals surface area (Å²) in [7, 11) is 1.65. The molecule has 5 nitrogen and oxygen atoms in total. The van der Waals surface area contributed by atoms with Crippen molar-refractivity contribution in [1.29, 1.82) is 0 Å². The molecule has 4 rings (SSSR count). The summed E-state index contributed by atoms with van der Waals surface area (Å²) in [6.07, 6.45) is 3.06. The number of hydrogen-bond donors (Lipinski definition) is 1. The van der Waals surface area contributed by atoms with Gasteiger partial charge in [0.15, 0.2) is 0 Å². The number of aromatic nitrogens is 2. The molecule has 5 heteroatoms. The van der Waals surface area contributed by atoms with E-state index in [0.29, 0.717) is 25.9 Å². The molecule has 1 aromatic heterocycles. The molecule has 0 radical (unpaired) electrons. The molecule has 0 aliphatic heterocycles. The van der Waals surface area contributed by atoms with E-state index >= 15 is 0 Å². The summed E-state index contributed by atoms with van der Waals surface area (Å²) in [4.78, 5) is 12.6. The predicted octanol–water partition coefficient (Wildman–Crippen LogP) is 4.86. The van der Waals surface area contributed by atoms with E-state index in [1.54, 1.807) is 7.11 Å². The number of nitrogens with zero attached hydrogens (tertiary/aromatic N) is 2. The van der Waals surface area contributed by atoms with Crippen LogP contribution in [-0.2, 0) is 24.3 Å². The van der Waals surface area contributed by atoms with Gasteiger partial charge in [-0.15, -0.1) is 0 Å². The van der Waals surface area contributed by atoms with Crippen LogP contribution in [0.1, 0.15) is 23.1 Å². The highest BCUT2D eigenvalue weighted by Crippen LogP contribution is 2.23. The van der Waals surface area contributed by atoms with E-state index in [2.05, 4.69) is 17.4 Å². The second-order valence-corrected chi connectivity index (χ2v) is 7.64. The van der Waals surface area contributed by atoms with Crippen LogP contribution in [0.15, 0.2) is 91.1 Å². The van der Waals surface area contributed by atoms with E-state index in [0.717, 1.165) is 28.1 Å². The number of ether oxygens (including phenoxy) is 1. The van der Waals surface area contributed by atoms with Crippen LogP contribution in [0.2, 0.25) is 0 Å². The third-order valence-corrected chi connectivity index (χ3v) is 5.36. The maximum absolute atomic E-state index is 12.6. The third kappa shape index (κ3) is 5.43. The number of para-hydroxylation sites is 1. The maximum atomic E-state index is 12.6. The normalized spacial score (nSPS) is 10.7. The van der Waals surface area contributed by atoms with Gasteiger partial charge in [-0.3, -0.25) is 9.48 Å². The Kier molecular flexibility index (Phi) is 6.98. The first-order valence-electron chi connectivity index (χ1n) is 10.8. The number of rotatable bonds is 9. The topological polar surface area (TPSA) is 56.1 Å². The van der Waals surface area contributed by atoms with Crippen molar-refractivity contribution in [2.45, 2.75) is 25.9 Å². The van der Waals surface area contributed by atoms with E-state index < -0.39 is 0 Å². The lowest BCUT2D eigenvalue weighted by molar-refractivity contribution is -0.121. The van der Waals surface area contributed by atoms with Crippen LogP contribution in [0.25, 0.3) is 11.3 Å². The van der Waals surface area contributed by atoms with Gasteiger partial charge in [0.05, 0.1) is 19.3 Å². The summed E-state index contributed by atoms with van der Waals surface area (Å²) in [5.74, 6) is 0.819. The van der Waals surface area contributed by atoms with Gasteiger partial charge in [-0.1, -0.05) is 78.9 Å². The average molecular weight is 426 g/mol. The number of benzene rings is 3. The van der Waals surface area contributed by atoms with E-state index in [1.807, 2.05) is 83.7 Å². The molecule has 4 aromatic rings. The summed E-state index contributed by atoms with van der Waals surface area (Å²) in [6.45, 7) is 1.12. The van der Waals surface area contributed by atoms with Gasteiger partial charge in [0.1, 0.15) is 5.75 Å². The number of carbonyl (C=O) groups is 1. The molecule has 0 bridgehead atoms. The fourth-order valence-electron chi connectivity index (χ4n) is 3.72. The van der Waals surface area contributed by atoms with Crippen molar-refractivity contribution in [1.82, 2.24) is 15.1 Å². The van der Waals surface area contributed by atoms with E-state index in [4.69, 9.17) is 9.84 Å². The Bertz CT molecular complexity index is 1150. The van der Waals surface area contributed by atoms with Crippen LogP contribution in [0.4, 0.5) is 0 Å². The number of amides is 1. The van der Waals surface area contributed by atoms with Crippen LogP contribution < -0.4 is 10.1 Å². The highest BCUT2D eigenvalue weighted by Gasteiger charge is 2.13. The first kappa shape index (κ1) is 21.4.